The lowest BCUT2D eigenvalue weighted by molar-refractivity contribution is -0.204. The van der Waals surface area contributed by atoms with Crippen LogP contribution in [0.2, 0.25) is 0 Å². The minimum atomic E-state index is -5.42. The van der Waals surface area contributed by atoms with E-state index in [9.17, 15) is 31.5 Å². The summed E-state index contributed by atoms with van der Waals surface area (Å²) in [6.45, 7) is 0.830. The Morgan fingerprint density at radius 3 is 2.04 bits per heavy atom. The van der Waals surface area contributed by atoms with Crippen molar-refractivity contribution in [1.29, 1.82) is 0 Å². The molecule has 1 amide bonds. The number of ether oxygens (including phenoxy) is 1. The van der Waals surface area contributed by atoms with Gasteiger partial charge in [0.25, 0.3) is 5.91 Å². The molecule has 0 aliphatic rings. The fourth-order valence-electron chi connectivity index (χ4n) is 2.32. The van der Waals surface area contributed by atoms with Gasteiger partial charge in [-0.15, -0.1) is 0 Å². The number of carbonyl (C=O) groups is 2. The van der Waals surface area contributed by atoms with Gasteiger partial charge in [0.15, 0.2) is 0 Å². The van der Waals surface area contributed by atoms with Crippen molar-refractivity contribution >= 4 is 17.6 Å². The average Bonchev–Trinajstić information content (AvgIpc) is 2.61. The molecule has 0 saturated carbocycles. The molecule has 0 bridgehead atoms. The Balaban J connectivity index is 2.55. The zero-order valence-corrected chi connectivity index (χ0v) is 14.4. The Morgan fingerprint density at radius 2 is 1.54 bits per heavy atom. The molecule has 0 heterocycles. The fraction of sp³-hybridized carbons (Fsp3) is 0.222. The summed E-state index contributed by atoms with van der Waals surface area (Å²) >= 11 is 0. The van der Waals surface area contributed by atoms with Gasteiger partial charge in [0.2, 0.25) is 0 Å². The standard InChI is InChI=1S/C18H15F5N2O3/c1-2-28-16(27)17(18(21,22)23,24-11-7-4-3-5-8-11)25-15(26)14-12(19)9-6-10-13(14)20/h3-10,24H,2H2,1H3,(H,25,26)/t17-/m1/s1. The molecule has 2 N–H and O–H groups in total. The van der Waals surface area contributed by atoms with Crippen LogP contribution < -0.4 is 10.6 Å². The minimum absolute atomic E-state index is 0.192. The Bertz CT molecular complexity index is 838. The van der Waals surface area contributed by atoms with Gasteiger partial charge >= 0.3 is 17.8 Å². The maximum Gasteiger partial charge on any atom is 0.441 e. The van der Waals surface area contributed by atoms with Crippen LogP contribution in [-0.4, -0.2) is 30.3 Å². The molecule has 28 heavy (non-hydrogen) atoms. The van der Waals surface area contributed by atoms with Crippen molar-refractivity contribution in [2.45, 2.75) is 18.8 Å². The predicted molar refractivity (Wildman–Crippen MR) is 89.3 cm³/mol. The summed E-state index contributed by atoms with van der Waals surface area (Å²) in [6, 6.07) is 9.01. The van der Waals surface area contributed by atoms with Crippen LogP contribution in [0, 0.1) is 11.6 Å². The van der Waals surface area contributed by atoms with E-state index in [1.165, 1.54) is 42.6 Å². The number of rotatable bonds is 6. The number of benzene rings is 2. The van der Waals surface area contributed by atoms with Gasteiger partial charge in [0, 0.05) is 5.69 Å². The minimum Gasteiger partial charge on any atom is -0.463 e. The van der Waals surface area contributed by atoms with E-state index in [1.54, 1.807) is 0 Å². The summed E-state index contributed by atoms with van der Waals surface area (Å²) in [5.74, 6) is -6.46. The molecular formula is C18H15F5N2O3. The van der Waals surface area contributed by atoms with Gasteiger partial charge in [-0.25, -0.2) is 13.6 Å². The van der Waals surface area contributed by atoms with Crippen molar-refractivity contribution in [3.63, 3.8) is 0 Å². The third kappa shape index (κ3) is 4.21. The van der Waals surface area contributed by atoms with E-state index in [0.717, 1.165) is 6.07 Å². The van der Waals surface area contributed by atoms with Crippen LogP contribution in [0.15, 0.2) is 48.5 Å². The van der Waals surface area contributed by atoms with Gasteiger partial charge in [-0.2, -0.15) is 13.2 Å². The summed E-state index contributed by atoms with van der Waals surface area (Å²) in [4.78, 5) is 24.6. The molecule has 0 fully saturated rings. The Hall–Kier alpha value is -3.17. The number of carbonyl (C=O) groups excluding carboxylic acids is 2. The third-order valence-corrected chi connectivity index (χ3v) is 3.60. The number of hydrogen-bond acceptors (Lipinski definition) is 4. The average molecular weight is 402 g/mol. The van der Waals surface area contributed by atoms with Crippen molar-refractivity contribution in [2.24, 2.45) is 0 Å². The third-order valence-electron chi connectivity index (χ3n) is 3.60. The maximum atomic E-state index is 13.9. The molecule has 0 saturated heterocycles. The molecule has 0 aromatic heterocycles. The molecule has 0 aliphatic carbocycles. The summed E-state index contributed by atoms with van der Waals surface area (Å²) < 4.78 is 74.0. The summed E-state index contributed by atoms with van der Waals surface area (Å²) in [5, 5.41) is 3.25. The quantitative estimate of drug-likeness (QED) is 0.440. The van der Waals surface area contributed by atoms with Gasteiger partial charge in [-0.3, -0.25) is 4.79 Å². The molecule has 5 nitrogen and oxygen atoms in total. The van der Waals surface area contributed by atoms with Crippen LogP contribution in [0.1, 0.15) is 17.3 Å². The first-order valence-corrected chi connectivity index (χ1v) is 7.96. The van der Waals surface area contributed by atoms with Crippen molar-refractivity contribution in [1.82, 2.24) is 5.32 Å². The van der Waals surface area contributed by atoms with E-state index >= 15 is 0 Å². The van der Waals surface area contributed by atoms with Crippen molar-refractivity contribution in [3.8, 4) is 0 Å². The second-order valence-corrected chi connectivity index (χ2v) is 5.51. The van der Waals surface area contributed by atoms with Crippen LogP contribution in [0.4, 0.5) is 27.6 Å². The van der Waals surface area contributed by atoms with Crippen LogP contribution >= 0.6 is 0 Å². The molecule has 0 spiro atoms. The lowest BCUT2D eigenvalue weighted by Gasteiger charge is -2.35. The smallest absolute Gasteiger partial charge is 0.441 e. The van der Waals surface area contributed by atoms with Gasteiger partial charge in [0.05, 0.1) is 6.61 Å². The van der Waals surface area contributed by atoms with Gasteiger partial charge < -0.3 is 15.4 Å². The second-order valence-electron chi connectivity index (χ2n) is 5.51. The first-order valence-electron chi connectivity index (χ1n) is 7.96. The maximum absolute atomic E-state index is 13.9. The van der Waals surface area contributed by atoms with Crippen LogP contribution in [0.5, 0.6) is 0 Å². The largest absolute Gasteiger partial charge is 0.463 e. The molecule has 0 aliphatic heterocycles. The highest BCUT2D eigenvalue weighted by Crippen LogP contribution is 2.33. The van der Waals surface area contributed by atoms with E-state index in [2.05, 4.69) is 4.74 Å². The first kappa shape index (κ1) is 21.1. The Kier molecular flexibility index (Phi) is 6.22. The number of hydrogen-bond donors (Lipinski definition) is 2. The highest BCUT2D eigenvalue weighted by atomic mass is 19.4. The Morgan fingerprint density at radius 1 is 0.964 bits per heavy atom. The zero-order chi connectivity index (χ0) is 20.9. The van der Waals surface area contributed by atoms with Crippen LogP contribution in [0.25, 0.3) is 0 Å². The van der Waals surface area contributed by atoms with Gasteiger partial charge in [0.1, 0.15) is 17.2 Å². The summed E-state index contributed by atoms with van der Waals surface area (Å²) in [6.07, 6.45) is -5.42. The molecule has 2 aromatic carbocycles. The number of alkyl halides is 3. The predicted octanol–water partition coefficient (Wildman–Crippen LogP) is 3.63. The molecule has 150 valence electrons. The lowest BCUT2D eigenvalue weighted by Crippen LogP contribution is -2.69. The van der Waals surface area contributed by atoms with Crippen LogP contribution in [0.3, 0.4) is 0 Å². The molecule has 2 rings (SSSR count). The number of anilines is 1. The molecule has 2 aromatic rings. The SMILES string of the molecule is CCOC(=O)[C@](NC(=O)c1c(F)cccc1F)(Nc1ccccc1)C(F)(F)F. The van der Waals surface area contributed by atoms with Crippen LogP contribution in [-0.2, 0) is 9.53 Å². The van der Waals surface area contributed by atoms with Gasteiger partial charge in [-0.1, -0.05) is 24.3 Å². The zero-order valence-electron chi connectivity index (χ0n) is 14.4. The highest BCUT2D eigenvalue weighted by molar-refractivity contribution is 5.99. The van der Waals surface area contributed by atoms with E-state index in [0.29, 0.717) is 12.1 Å². The van der Waals surface area contributed by atoms with Gasteiger partial charge in [-0.05, 0) is 31.2 Å². The summed E-state index contributed by atoms with van der Waals surface area (Å²) in [5.41, 5.74) is -5.24. The number of nitrogens with one attached hydrogen (secondary N) is 2. The first-order chi connectivity index (χ1) is 13.1. The van der Waals surface area contributed by atoms with E-state index in [4.69, 9.17) is 0 Å². The highest BCUT2D eigenvalue weighted by Gasteiger charge is 2.63. The molecule has 10 heteroatoms. The van der Waals surface area contributed by atoms with E-state index < -0.39 is 47.5 Å². The Labute approximate surface area is 156 Å². The molecule has 1 atom stereocenters. The summed E-state index contributed by atoms with van der Waals surface area (Å²) in [7, 11) is 0. The second kappa shape index (κ2) is 8.24. The lowest BCUT2D eigenvalue weighted by atomic mass is 10.1. The van der Waals surface area contributed by atoms with E-state index in [1.807, 2.05) is 5.32 Å². The normalized spacial score (nSPS) is 13.4. The van der Waals surface area contributed by atoms with Crippen molar-refractivity contribution < 1.29 is 36.3 Å². The number of para-hydroxylation sites is 1. The molecular weight excluding hydrogens is 387 g/mol. The fourth-order valence-corrected chi connectivity index (χ4v) is 2.32. The van der Waals surface area contributed by atoms with Crippen molar-refractivity contribution in [2.75, 3.05) is 11.9 Å². The molecule has 0 unspecified atom stereocenters. The van der Waals surface area contributed by atoms with Crippen molar-refractivity contribution in [3.05, 3.63) is 65.7 Å². The molecule has 0 radical (unpaired) electrons. The number of amides is 1. The topological polar surface area (TPSA) is 67.4 Å². The monoisotopic (exact) mass is 402 g/mol. The number of esters is 1. The van der Waals surface area contributed by atoms with E-state index in [-0.39, 0.29) is 5.69 Å². The number of halogens is 5.